The first kappa shape index (κ1) is 22.7. The molecule has 1 saturated heterocycles. The Morgan fingerprint density at radius 3 is 2.52 bits per heavy atom. The number of hydrogen-bond donors (Lipinski definition) is 0. The summed E-state index contributed by atoms with van der Waals surface area (Å²) in [5, 5.41) is 4.15. The molecule has 3 heterocycles. The molecule has 0 N–H and O–H groups in total. The Kier molecular flexibility index (Phi) is 6.31. The number of likely N-dealkylation sites (tertiary alicyclic amines) is 1. The summed E-state index contributed by atoms with van der Waals surface area (Å²) in [4.78, 5) is 31.9. The number of carbonyl (C=O) groups excluding carboxylic acids is 1. The van der Waals surface area contributed by atoms with E-state index in [1.165, 1.54) is 25.1 Å². The fourth-order valence-electron chi connectivity index (χ4n) is 4.26. The lowest BCUT2D eigenvalue weighted by Gasteiger charge is -2.30. The van der Waals surface area contributed by atoms with Crippen LogP contribution in [0.1, 0.15) is 59.0 Å². The van der Waals surface area contributed by atoms with Crippen LogP contribution in [0.3, 0.4) is 0 Å². The fraction of sp³-hybridized carbons (Fsp3) is 0.333. The molecule has 0 radical (unpaired) electrons. The van der Waals surface area contributed by atoms with Crippen LogP contribution < -0.4 is 5.43 Å². The molecule has 3 aromatic rings. The number of carbonyl (C=O) groups is 1. The van der Waals surface area contributed by atoms with Crippen molar-refractivity contribution in [1.29, 1.82) is 0 Å². The lowest BCUT2D eigenvalue weighted by atomic mass is 10.0. The average molecular weight is 456 g/mol. The van der Waals surface area contributed by atoms with E-state index >= 15 is 0 Å². The third kappa shape index (κ3) is 4.67. The second-order valence-corrected chi connectivity index (χ2v) is 8.07. The van der Waals surface area contributed by atoms with Gasteiger partial charge in [-0.05, 0) is 49.6 Å². The summed E-state index contributed by atoms with van der Waals surface area (Å²) >= 11 is 0. The normalized spacial score (nSPS) is 17.0. The molecular formula is C24H23F3N4O2. The monoisotopic (exact) mass is 456 g/mol. The fourth-order valence-corrected chi connectivity index (χ4v) is 4.26. The number of pyridine rings is 1. The van der Waals surface area contributed by atoms with E-state index in [1.54, 1.807) is 17.3 Å². The highest BCUT2D eigenvalue weighted by atomic mass is 19.4. The molecule has 1 unspecified atom stereocenters. The second-order valence-electron chi connectivity index (χ2n) is 8.07. The van der Waals surface area contributed by atoms with E-state index in [0.29, 0.717) is 13.0 Å². The van der Waals surface area contributed by atoms with E-state index in [2.05, 4.69) is 10.1 Å². The van der Waals surface area contributed by atoms with Crippen molar-refractivity contribution in [3.63, 3.8) is 0 Å². The third-order valence-corrected chi connectivity index (χ3v) is 5.85. The van der Waals surface area contributed by atoms with Crippen LogP contribution in [0.15, 0.2) is 59.7 Å². The molecule has 2 aromatic heterocycles. The van der Waals surface area contributed by atoms with Crippen molar-refractivity contribution >= 4 is 5.91 Å². The second kappa shape index (κ2) is 9.17. The summed E-state index contributed by atoms with van der Waals surface area (Å²) in [6.07, 6.45) is 2.02. The van der Waals surface area contributed by atoms with Gasteiger partial charge in [-0.1, -0.05) is 25.0 Å². The molecule has 6 nitrogen and oxygen atoms in total. The Hall–Kier alpha value is -3.49. The number of benzene rings is 1. The first-order chi connectivity index (χ1) is 15.8. The molecule has 0 bridgehead atoms. The summed E-state index contributed by atoms with van der Waals surface area (Å²) in [6, 6.07) is 9.52. The summed E-state index contributed by atoms with van der Waals surface area (Å²) in [5.74, 6) is -0.582. The zero-order valence-electron chi connectivity index (χ0n) is 18.0. The molecule has 9 heteroatoms. The highest BCUT2D eigenvalue weighted by Crippen LogP contribution is 2.34. The minimum absolute atomic E-state index is 0.204. The van der Waals surface area contributed by atoms with Gasteiger partial charge >= 0.3 is 6.18 Å². The number of hydrogen-bond acceptors (Lipinski definition) is 4. The molecule has 1 aliphatic heterocycles. The Balaban J connectivity index is 1.80. The van der Waals surface area contributed by atoms with Crippen molar-refractivity contribution in [1.82, 2.24) is 19.7 Å². The number of nitrogens with zero attached hydrogens (tertiary/aromatic N) is 4. The molecular weight excluding hydrogens is 433 g/mol. The quantitative estimate of drug-likeness (QED) is 0.572. The maximum absolute atomic E-state index is 13.6. The van der Waals surface area contributed by atoms with Gasteiger partial charge in [0.05, 0.1) is 17.3 Å². The van der Waals surface area contributed by atoms with Crippen LogP contribution in [0, 0.1) is 6.92 Å². The van der Waals surface area contributed by atoms with E-state index in [4.69, 9.17) is 0 Å². The Bertz CT molecular complexity index is 1210. The summed E-state index contributed by atoms with van der Waals surface area (Å²) in [5.41, 5.74) is -1.04. The van der Waals surface area contributed by atoms with Crippen LogP contribution >= 0.6 is 0 Å². The first-order valence-corrected chi connectivity index (χ1v) is 10.8. The van der Waals surface area contributed by atoms with E-state index < -0.39 is 28.8 Å². The van der Waals surface area contributed by atoms with Crippen molar-refractivity contribution in [2.45, 2.75) is 44.8 Å². The lowest BCUT2D eigenvalue weighted by molar-refractivity contribution is -0.137. The molecule has 1 aromatic carbocycles. The SMILES string of the molecule is Cc1cc(=O)c(C(=O)N2CCCCCC2c2ccncc2)nn1-c1ccccc1C(F)(F)F. The number of halogens is 3. The van der Waals surface area contributed by atoms with Gasteiger partial charge in [-0.3, -0.25) is 14.6 Å². The predicted molar refractivity (Wildman–Crippen MR) is 116 cm³/mol. The number of aromatic nitrogens is 3. The summed E-state index contributed by atoms with van der Waals surface area (Å²) in [6.45, 7) is 1.92. The van der Waals surface area contributed by atoms with Crippen LogP contribution in [-0.4, -0.2) is 32.1 Å². The summed E-state index contributed by atoms with van der Waals surface area (Å²) in [7, 11) is 0. The zero-order valence-corrected chi connectivity index (χ0v) is 18.0. The van der Waals surface area contributed by atoms with Crippen LogP contribution in [0.5, 0.6) is 0 Å². The minimum atomic E-state index is -4.62. The van der Waals surface area contributed by atoms with Crippen molar-refractivity contribution in [2.75, 3.05) is 6.54 Å². The van der Waals surface area contributed by atoms with Crippen molar-refractivity contribution < 1.29 is 18.0 Å². The van der Waals surface area contributed by atoms with Crippen LogP contribution in [0.4, 0.5) is 13.2 Å². The van der Waals surface area contributed by atoms with E-state index in [0.717, 1.165) is 41.6 Å². The molecule has 0 spiro atoms. The van der Waals surface area contributed by atoms with Gasteiger partial charge in [-0.25, -0.2) is 4.68 Å². The number of para-hydroxylation sites is 1. The van der Waals surface area contributed by atoms with Crippen LogP contribution in [-0.2, 0) is 6.18 Å². The molecule has 1 amide bonds. The van der Waals surface area contributed by atoms with Crippen molar-refractivity contribution in [2.24, 2.45) is 0 Å². The molecule has 4 rings (SSSR count). The average Bonchev–Trinajstić information content (AvgIpc) is 3.05. The molecule has 172 valence electrons. The smallest absolute Gasteiger partial charge is 0.330 e. The number of rotatable bonds is 3. The maximum Gasteiger partial charge on any atom is 0.418 e. The zero-order chi connectivity index (χ0) is 23.6. The molecule has 1 atom stereocenters. The Morgan fingerprint density at radius 2 is 1.79 bits per heavy atom. The van der Waals surface area contributed by atoms with Gasteiger partial charge in [-0.2, -0.15) is 18.3 Å². The summed E-state index contributed by atoms with van der Waals surface area (Å²) < 4.78 is 41.8. The van der Waals surface area contributed by atoms with E-state index in [1.807, 2.05) is 12.1 Å². The molecule has 0 aliphatic carbocycles. The number of alkyl halides is 3. The van der Waals surface area contributed by atoms with Gasteiger partial charge in [0.15, 0.2) is 5.69 Å². The Morgan fingerprint density at radius 1 is 1.06 bits per heavy atom. The first-order valence-electron chi connectivity index (χ1n) is 10.8. The molecule has 1 fully saturated rings. The molecule has 0 saturated carbocycles. The van der Waals surface area contributed by atoms with E-state index in [9.17, 15) is 22.8 Å². The highest BCUT2D eigenvalue weighted by Gasteiger charge is 2.35. The third-order valence-electron chi connectivity index (χ3n) is 5.85. The maximum atomic E-state index is 13.6. The van der Waals surface area contributed by atoms with Crippen LogP contribution in [0.2, 0.25) is 0 Å². The van der Waals surface area contributed by atoms with Crippen LogP contribution in [0.25, 0.3) is 5.69 Å². The van der Waals surface area contributed by atoms with Gasteiger partial charge in [0.2, 0.25) is 5.43 Å². The van der Waals surface area contributed by atoms with Gasteiger partial charge in [0.1, 0.15) is 0 Å². The number of amides is 1. The van der Waals surface area contributed by atoms with Gasteiger partial charge < -0.3 is 4.90 Å². The van der Waals surface area contributed by atoms with Crippen molar-refractivity contribution in [3.05, 3.63) is 87.6 Å². The van der Waals surface area contributed by atoms with E-state index in [-0.39, 0.29) is 17.4 Å². The standard InChI is InChI=1S/C24H23F3N4O2/c1-16-15-21(32)22(29-31(16)20-9-5-4-7-18(20)24(25,26)27)23(33)30-14-6-2-3-8-19(30)17-10-12-28-13-11-17/h4-5,7,9-13,15,19H,2-3,6,8,14H2,1H3. The number of aryl methyl sites for hydroxylation is 1. The molecule has 1 aliphatic rings. The topological polar surface area (TPSA) is 68.1 Å². The predicted octanol–water partition coefficient (Wildman–Crippen LogP) is 4.71. The van der Waals surface area contributed by atoms with Gasteiger partial charge in [0.25, 0.3) is 5.91 Å². The lowest BCUT2D eigenvalue weighted by Crippen LogP contribution is -2.39. The largest absolute Gasteiger partial charge is 0.418 e. The Labute approximate surface area is 188 Å². The van der Waals surface area contributed by atoms with Gasteiger partial charge in [0, 0.05) is 30.7 Å². The molecule has 33 heavy (non-hydrogen) atoms. The highest BCUT2D eigenvalue weighted by molar-refractivity contribution is 5.92. The van der Waals surface area contributed by atoms with Crippen molar-refractivity contribution in [3.8, 4) is 5.69 Å². The van der Waals surface area contributed by atoms with Gasteiger partial charge in [-0.15, -0.1) is 0 Å². The minimum Gasteiger partial charge on any atom is -0.330 e.